The van der Waals surface area contributed by atoms with Crippen LogP contribution in [0.3, 0.4) is 0 Å². The van der Waals surface area contributed by atoms with Crippen LogP contribution in [0.4, 0.5) is 4.79 Å². The van der Waals surface area contributed by atoms with Gasteiger partial charge in [0.05, 0.1) is 13.1 Å². The third kappa shape index (κ3) is 9.40. The maximum atomic E-state index is 11.2. The van der Waals surface area contributed by atoms with Crippen LogP contribution in [0.2, 0.25) is 0 Å². The quantitative estimate of drug-likeness (QED) is 0.371. The van der Waals surface area contributed by atoms with E-state index in [0.29, 0.717) is 5.57 Å². The molecule has 7 nitrogen and oxygen atoms in total. The number of ether oxygens (including phenoxy) is 2. The normalized spacial score (nSPS) is 9.11. The second kappa shape index (κ2) is 9.69. The highest BCUT2D eigenvalue weighted by atomic mass is 16.5. The van der Waals surface area contributed by atoms with Crippen molar-refractivity contribution in [2.75, 3.05) is 26.3 Å². The molecule has 0 heterocycles. The minimum Gasteiger partial charge on any atom is -0.461 e. The van der Waals surface area contributed by atoms with E-state index in [-0.39, 0.29) is 26.3 Å². The van der Waals surface area contributed by atoms with Crippen LogP contribution >= 0.6 is 0 Å². The van der Waals surface area contributed by atoms with Gasteiger partial charge in [0.25, 0.3) is 0 Å². The Morgan fingerprint density at radius 3 is 2.11 bits per heavy atom. The van der Waals surface area contributed by atoms with Crippen molar-refractivity contribution in [1.82, 2.24) is 10.6 Å². The Hall–Kier alpha value is -2.31. The second-order valence-corrected chi connectivity index (χ2v) is 3.47. The van der Waals surface area contributed by atoms with E-state index >= 15 is 0 Å². The SMILES string of the molecule is C=CC(=O)OCCNC(=O)NCCOC(=O)C(=C)C. The Morgan fingerprint density at radius 1 is 1.11 bits per heavy atom. The van der Waals surface area contributed by atoms with Gasteiger partial charge in [-0.3, -0.25) is 0 Å². The fourth-order valence-electron chi connectivity index (χ4n) is 0.869. The number of urea groups is 1. The average molecular weight is 270 g/mol. The van der Waals surface area contributed by atoms with Gasteiger partial charge in [-0.15, -0.1) is 0 Å². The Labute approximate surface area is 111 Å². The van der Waals surface area contributed by atoms with Crippen molar-refractivity contribution in [1.29, 1.82) is 0 Å². The molecule has 0 atom stereocenters. The first-order chi connectivity index (χ1) is 8.97. The minimum atomic E-state index is -0.547. The zero-order chi connectivity index (χ0) is 14.7. The molecular formula is C12H18N2O5. The first-order valence-electron chi connectivity index (χ1n) is 5.61. The summed E-state index contributed by atoms with van der Waals surface area (Å²) >= 11 is 0. The van der Waals surface area contributed by atoms with Crippen LogP contribution in [0.5, 0.6) is 0 Å². The summed E-state index contributed by atoms with van der Waals surface area (Å²) in [6.07, 6.45) is 1.04. The van der Waals surface area contributed by atoms with Gasteiger partial charge in [0.2, 0.25) is 0 Å². The molecule has 0 radical (unpaired) electrons. The monoisotopic (exact) mass is 270 g/mol. The topological polar surface area (TPSA) is 93.7 Å². The van der Waals surface area contributed by atoms with Gasteiger partial charge >= 0.3 is 18.0 Å². The molecule has 0 saturated carbocycles. The van der Waals surface area contributed by atoms with Crippen LogP contribution in [0.1, 0.15) is 6.92 Å². The molecule has 0 aliphatic rings. The molecule has 0 spiro atoms. The highest BCUT2D eigenvalue weighted by Crippen LogP contribution is 1.90. The van der Waals surface area contributed by atoms with Crippen molar-refractivity contribution >= 4 is 18.0 Å². The van der Waals surface area contributed by atoms with Gasteiger partial charge in [0.15, 0.2) is 0 Å². The standard InChI is InChI=1S/C12H18N2O5/c1-4-10(15)18-7-5-13-12(17)14-6-8-19-11(16)9(2)3/h4H,1-2,5-8H2,3H3,(H2,13,14,17). The Kier molecular flexibility index (Phi) is 8.51. The summed E-state index contributed by atoms with van der Waals surface area (Å²) in [5, 5.41) is 4.91. The highest BCUT2D eigenvalue weighted by molar-refractivity contribution is 5.86. The number of carbonyl (C=O) groups is 3. The lowest BCUT2D eigenvalue weighted by molar-refractivity contribution is -0.139. The lowest BCUT2D eigenvalue weighted by Crippen LogP contribution is -2.39. The molecule has 0 fully saturated rings. The van der Waals surface area contributed by atoms with Gasteiger partial charge in [0.1, 0.15) is 13.2 Å². The van der Waals surface area contributed by atoms with Gasteiger partial charge in [0, 0.05) is 11.6 Å². The molecule has 0 aliphatic heterocycles. The molecule has 0 saturated heterocycles. The zero-order valence-corrected chi connectivity index (χ0v) is 10.9. The van der Waals surface area contributed by atoms with Crippen LogP contribution in [-0.4, -0.2) is 44.3 Å². The van der Waals surface area contributed by atoms with E-state index in [1.807, 2.05) is 0 Å². The number of hydrogen-bond donors (Lipinski definition) is 2. The number of hydrogen-bond acceptors (Lipinski definition) is 5. The van der Waals surface area contributed by atoms with Crippen LogP contribution in [0.25, 0.3) is 0 Å². The number of nitrogens with one attached hydrogen (secondary N) is 2. The molecule has 19 heavy (non-hydrogen) atoms. The predicted octanol–water partition coefficient (Wildman–Crippen LogP) is 0.134. The van der Waals surface area contributed by atoms with E-state index in [9.17, 15) is 14.4 Å². The van der Waals surface area contributed by atoms with Crippen molar-refractivity contribution < 1.29 is 23.9 Å². The predicted molar refractivity (Wildman–Crippen MR) is 68.3 cm³/mol. The van der Waals surface area contributed by atoms with E-state index in [2.05, 4.69) is 28.5 Å². The first kappa shape index (κ1) is 16.7. The lowest BCUT2D eigenvalue weighted by Gasteiger charge is -2.08. The average Bonchev–Trinajstić information content (AvgIpc) is 2.38. The van der Waals surface area contributed by atoms with E-state index in [4.69, 9.17) is 4.74 Å². The zero-order valence-electron chi connectivity index (χ0n) is 10.9. The van der Waals surface area contributed by atoms with Crippen molar-refractivity contribution in [2.45, 2.75) is 6.92 Å². The smallest absolute Gasteiger partial charge is 0.333 e. The Balaban J connectivity index is 3.50. The van der Waals surface area contributed by atoms with Crippen molar-refractivity contribution in [3.8, 4) is 0 Å². The van der Waals surface area contributed by atoms with Crippen molar-refractivity contribution in [2.24, 2.45) is 0 Å². The van der Waals surface area contributed by atoms with Crippen LogP contribution in [0.15, 0.2) is 24.8 Å². The van der Waals surface area contributed by atoms with Gasteiger partial charge < -0.3 is 20.1 Å². The fraction of sp³-hybridized carbons (Fsp3) is 0.417. The molecule has 0 aromatic heterocycles. The van der Waals surface area contributed by atoms with Crippen molar-refractivity contribution in [3.63, 3.8) is 0 Å². The van der Waals surface area contributed by atoms with E-state index in [0.717, 1.165) is 6.08 Å². The number of rotatable bonds is 8. The van der Waals surface area contributed by atoms with Crippen molar-refractivity contribution in [3.05, 3.63) is 24.8 Å². The largest absolute Gasteiger partial charge is 0.461 e. The number of amides is 2. The number of carbonyl (C=O) groups excluding carboxylic acids is 3. The molecular weight excluding hydrogens is 252 g/mol. The summed E-state index contributed by atoms with van der Waals surface area (Å²) in [6.45, 7) is 8.66. The van der Waals surface area contributed by atoms with Crippen LogP contribution < -0.4 is 10.6 Å². The first-order valence-corrected chi connectivity index (χ1v) is 5.61. The van der Waals surface area contributed by atoms with Gasteiger partial charge in [-0.1, -0.05) is 13.2 Å². The van der Waals surface area contributed by atoms with E-state index < -0.39 is 18.0 Å². The third-order valence-corrected chi connectivity index (χ3v) is 1.77. The lowest BCUT2D eigenvalue weighted by atomic mass is 10.4. The van der Waals surface area contributed by atoms with Crippen LogP contribution in [0, 0.1) is 0 Å². The molecule has 0 aliphatic carbocycles. The van der Waals surface area contributed by atoms with Crippen LogP contribution in [-0.2, 0) is 19.1 Å². The molecule has 106 valence electrons. The van der Waals surface area contributed by atoms with E-state index in [1.165, 1.54) is 6.92 Å². The Morgan fingerprint density at radius 2 is 1.63 bits per heavy atom. The summed E-state index contributed by atoms with van der Waals surface area (Å²) in [5.41, 5.74) is 0.300. The van der Waals surface area contributed by atoms with E-state index in [1.54, 1.807) is 0 Å². The molecule has 0 aromatic rings. The second-order valence-electron chi connectivity index (χ2n) is 3.47. The molecule has 0 unspecified atom stereocenters. The summed E-state index contributed by atoms with van der Waals surface area (Å²) in [5.74, 6) is -1.05. The summed E-state index contributed by atoms with van der Waals surface area (Å²) in [7, 11) is 0. The maximum Gasteiger partial charge on any atom is 0.333 e. The fourth-order valence-corrected chi connectivity index (χ4v) is 0.869. The molecule has 2 N–H and O–H groups in total. The minimum absolute atomic E-state index is 0.0585. The summed E-state index contributed by atoms with van der Waals surface area (Å²) in [6, 6.07) is -0.443. The molecule has 0 bridgehead atoms. The molecule has 0 aromatic carbocycles. The third-order valence-electron chi connectivity index (χ3n) is 1.77. The van der Waals surface area contributed by atoms with Gasteiger partial charge in [-0.25, -0.2) is 14.4 Å². The maximum absolute atomic E-state index is 11.2. The highest BCUT2D eigenvalue weighted by Gasteiger charge is 2.03. The molecule has 2 amide bonds. The number of esters is 2. The molecule has 7 heteroatoms. The summed E-state index contributed by atoms with van der Waals surface area (Å²) < 4.78 is 9.41. The van der Waals surface area contributed by atoms with Gasteiger partial charge in [-0.2, -0.15) is 0 Å². The van der Waals surface area contributed by atoms with Gasteiger partial charge in [-0.05, 0) is 6.92 Å². The Bertz CT molecular complexity index is 365. The molecule has 0 rings (SSSR count). The summed E-state index contributed by atoms with van der Waals surface area (Å²) in [4.78, 5) is 32.8.